The Morgan fingerprint density at radius 3 is 1.36 bits per heavy atom. The van der Waals surface area contributed by atoms with Crippen molar-refractivity contribution in [1.82, 2.24) is 0 Å². The monoisotopic (exact) mass is 1050 g/mol. The van der Waals surface area contributed by atoms with Crippen molar-refractivity contribution in [3.63, 3.8) is 0 Å². The highest BCUT2D eigenvalue weighted by molar-refractivity contribution is 5.74. The number of esters is 3. The molecule has 1 heterocycles. The van der Waals surface area contributed by atoms with Gasteiger partial charge in [0, 0.05) is 12.8 Å². The lowest BCUT2D eigenvalue weighted by molar-refractivity contribution is -0.301. The van der Waals surface area contributed by atoms with Crippen LogP contribution in [0.1, 0.15) is 201 Å². The molecule has 75 heavy (non-hydrogen) atoms. The normalized spacial score (nSPS) is 19.1. The van der Waals surface area contributed by atoms with E-state index < -0.39 is 67.3 Å². The van der Waals surface area contributed by atoms with Gasteiger partial charge in [-0.05, 0) is 109 Å². The maximum atomic E-state index is 13.1. The lowest BCUT2D eigenvalue weighted by Crippen LogP contribution is -2.61. The Bertz CT molecular complexity index is 1770. The van der Waals surface area contributed by atoms with Gasteiger partial charge in [-0.25, -0.2) is 4.79 Å². The number of rotatable bonds is 46. The highest BCUT2D eigenvalue weighted by Crippen LogP contribution is 2.26. The van der Waals surface area contributed by atoms with Gasteiger partial charge in [-0.1, -0.05) is 194 Å². The molecule has 12 heteroatoms. The third kappa shape index (κ3) is 40.1. The number of carbonyl (C=O) groups is 4. The van der Waals surface area contributed by atoms with Crippen LogP contribution >= 0.6 is 0 Å². The van der Waals surface area contributed by atoms with Crippen LogP contribution in [0.4, 0.5) is 0 Å². The lowest BCUT2D eigenvalue weighted by atomic mass is 9.98. The molecule has 422 valence electrons. The molecule has 3 N–H and O–H groups in total. The fourth-order valence-corrected chi connectivity index (χ4v) is 7.72. The SMILES string of the molecule is CC/C=C\C/C=C\C/C=C\C/C=C\C/C=C\CC(=O)OC(COC(=O)CCCCCC/C=C\C/C=C\C/C=C\C/C=C\CC)COC1OC(C(=O)O)C(O)C(O)C1OC(=O)CCCCCCC/C=C\CCCCCC. The summed E-state index contributed by atoms with van der Waals surface area (Å²) in [6.07, 6.45) is 56.3. The third-order valence-corrected chi connectivity index (χ3v) is 12.0. The number of ether oxygens (including phenoxy) is 5. The fraction of sp³-hybridized carbons (Fsp3) is 0.619. The molecule has 1 saturated heterocycles. The van der Waals surface area contributed by atoms with E-state index in [4.69, 9.17) is 23.7 Å². The van der Waals surface area contributed by atoms with Crippen molar-refractivity contribution in [3.8, 4) is 0 Å². The summed E-state index contributed by atoms with van der Waals surface area (Å²) in [5.74, 6) is -3.35. The maximum Gasteiger partial charge on any atom is 0.335 e. The van der Waals surface area contributed by atoms with E-state index in [1.807, 2.05) is 18.2 Å². The van der Waals surface area contributed by atoms with Crippen LogP contribution in [0, 0.1) is 0 Å². The predicted octanol–water partition coefficient (Wildman–Crippen LogP) is 14.4. The molecule has 0 aliphatic carbocycles. The standard InChI is InChI=1S/C63H98O12/c1-4-7-10-13-16-19-22-25-27-28-30-32-34-37-40-43-46-49-55(64)71-52-54(73-56(65)50-47-44-41-38-36-33-29-26-23-20-17-14-11-8-5-2)53-72-63-61(59(68)58(67)60(75-63)62(69)70)74-57(66)51-48-45-42-39-35-31-24-21-18-15-12-9-6-3/h7-8,10-11,16-17,19-21,24-27,29-30,32,36,38,44,47,54,58-61,63,67-68H,4-6,9,12-15,18,22-23,28,31,33-35,37,39-43,45-46,48-53H2,1-3H3,(H,69,70)/b10-7-,11-8-,19-16-,20-17-,24-21-,27-25-,29-26-,32-30-,38-36-,47-44-. The van der Waals surface area contributed by atoms with Gasteiger partial charge < -0.3 is 39.0 Å². The van der Waals surface area contributed by atoms with Gasteiger partial charge in [0.15, 0.2) is 24.6 Å². The van der Waals surface area contributed by atoms with Crippen molar-refractivity contribution in [1.29, 1.82) is 0 Å². The van der Waals surface area contributed by atoms with E-state index in [9.17, 15) is 34.5 Å². The number of hydrogen-bond donors (Lipinski definition) is 3. The van der Waals surface area contributed by atoms with Gasteiger partial charge in [0.2, 0.25) is 0 Å². The summed E-state index contributed by atoms with van der Waals surface area (Å²) in [5, 5.41) is 31.4. The summed E-state index contributed by atoms with van der Waals surface area (Å²) in [5.41, 5.74) is 0. The van der Waals surface area contributed by atoms with Crippen molar-refractivity contribution < 1.29 is 58.2 Å². The fourth-order valence-electron chi connectivity index (χ4n) is 7.72. The molecule has 0 aromatic carbocycles. The smallest absolute Gasteiger partial charge is 0.335 e. The first-order valence-corrected chi connectivity index (χ1v) is 28.5. The molecule has 0 aromatic heterocycles. The number of carboxylic acid groups (broad SMARTS) is 1. The Hall–Kier alpha value is -4.88. The van der Waals surface area contributed by atoms with E-state index >= 15 is 0 Å². The Morgan fingerprint density at radius 1 is 0.467 bits per heavy atom. The summed E-state index contributed by atoms with van der Waals surface area (Å²) in [4.78, 5) is 51.0. The molecule has 1 fully saturated rings. The Kier molecular flexibility index (Phi) is 45.4. The van der Waals surface area contributed by atoms with Gasteiger partial charge >= 0.3 is 23.9 Å². The molecule has 0 amide bonds. The quantitative estimate of drug-likeness (QED) is 0.0228. The van der Waals surface area contributed by atoms with Gasteiger partial charge in [-0.2, -0.15) is 0 Å². The van der Waals surface area contributed by atoms with Crippen LogP contribution < -0.4 is 0 Å². The van der Waals surface area contributed by atoms with Crippen LogP contribution in [-0.4, -0.2) is 89.2 Å². The molecule has 6 unspecified atom stereocenters. The molecule has 0 radical (unpaired) electrons. The van der Waals surface area contributed by atoms with Crippen LogP contribution in [0.15, 0.2) is 122 Å². The summed E-state index contributed by atoms with van der Waals surface area (Å²) in [6, 6.07) is 0. The highest BCUT2D eigenvalue weighted by atomic mass is 16.7. The number of aliphatic carboxylic acids is 1. The molecule has 1 aliphatic rings. The van der Waals surface area contributed by atoms with Crippen molar-refractivity contribution >= 4 is 23.9 Å². The van der Waals surface area contributed by atoms with E-state index in [-0.39, 0.29) is 25.9 Å². The molecule has 12 nitrogen and oxygen atoms in total. The first-order valence-electron chi connectivity index (χ1n) is 28.5. The second-order valence-electron chi connectivity index (χ2n) is 18.8. The summed E-state index contributed by atoms with van der Waals surface area (Å²) < 4.78 is 28.2. The largest absolute Gasteiger partial charge is 0.479 e. The maximum absolute atomic E-state index is 13.1. The number of allylic oxidation sites excluding steroid dienone is 19. The molecule has 1 aliphatic heterocycles. The minimum atomic E-state index is -1.93. The average Bonchev–Trinajstić information content (AvgIpc) is 3.39. The molecule has 0 bridgehead atoms. The topological polar surface area (TPSA) is 175 Å². The molecule has 6 atom stereocenters. The van der Waals surface area contributed by atoms with E-state index in [1.54, 1.807) is 6.08 Å². The Labute approximate surface area is 452 Å². The zero-order chi connectivity index (χ0) is 54.7. The molecule has 0 saturated carbocycles. The predicted molar refractivity (Wildman–Crippen MR) is 303 cm³/mol. The van der Waals surface area contributed by atoms with Gasteiger partial charge in [0.05, 0.1) is 13.0 Å². The van der Waals surface area contributed by atoms with E-state index in [0.29, 0.717) is 19.3 Å². The third-order valence-electron chi connectivity index (χ3n) is 12.0. The number of aliphatic hydroxyl groups excluding tert-OH is 2. The second kappa shape index (κ2) is 50.0. The average molecular weight is 1050 g/mol. The van der Waals surface area contributed by atoms with Crippen molar-refractivity contribution in [2.45, 2.75) is 237 Å². The Balaban J connectivity index is 2.79. The number of carboxylic acids is 1. The second-order valence-corrected chi connectivity index (χ2v) is 18.8. The van der Waals surface area contributed by atoms with Gasteiger partial charge in [0.1, 0.15) is 18.8 Å². The van der Waals surface area contributed by atoms with Crippen LogP contribution in [0.5, 0.6) is 0 Å². The van der Waals surface area contributed by atoms with Crippen molar-refractivity contribution in [3.05, 3.63) is 122 Å². The lowest BCUT2D eigenvalue weighted by Gasteiger charge is -2.40. The van der Waals surface area contributed by atoms with E-state index in [2.05, 4.69) is 118 Å². The molecule has 0 spiro atoms. The highest BCUT2D eigenvalue weighted by Gasteiger charge is 2.50. The van der Waals surface area contributed by atoms with E-state index in [1.165, 1.54) is 25.7 Å². The zero-order valence-corrected chi connectivity index (χ0v) is 46.2. The van der Waals surface area contributed by atoms with Crippen LogP contribution in [0.2, 0.25) is 0 Å². The van der Waals surface area contributed by atoms with Gasteiger partial charge in [0.25, 0.3) is 0 Å². The first kappa shape index (κ1) is 68.1. The molecular formula is C63H98O12. The zero-order valence-electron chi connectivity index (χ0n) is 46.2. The van der Waals surface area contributed by atoms with Crippen LogP contribution in [-0.2, 0) is 42.9 Å². The van der Waals surface area contributed by atoms with Crippen LogP contribution in [0.25, 0.3) is 0 Å². The van der Waals surface area contributed by atoms with Crippen LogP contribution in [0.3, 0.4) is 0 Å². The Morgan fingerprint density at radius 2 is 0.880 bits per heavy atom. The number of hydrogen-bond acceptors (Lipinski definition) is 11. The molecule has 0 aromatic rings. The summed E-state index contributed by atoms with van der Waals surface area (Å²) in [7, 11) is 0. The number of unbranched alkanes of at least 4 members (excludes halogenated alkanes) is 13. The number of aliphatic hydroxyl groups is 2. The van der Waals surface area contributed by atoms with E-state index in [0.717, 1.165) is 116 Å². The van der Waals surface area contributed by atoms with Gasteiger partial charge in [-0.15, -0.1) is 0 Å². The summed E-state index contributed by atoms with van der Waals surface area (Å²) in [6.45, 7) is 5.61. The van der Waals surface area contributed by atoms with Gasteiger partial charge in [-0.3, -0.25) is 14.4 Å². The van der Waals surface area contributed by atoms with Crippen molar-refractivity contribution in [2.75, 3.05) is 13.2 Å². The molecule has 1 rings (SSSR count). The minimum Gasteiger partial charge on any atom is -0.479 e. The minimum absolute atomic E-state index is 0.0311. The van der Waals surface area contributed by atoms with Crippen molar-refractivity contribution in [2.24, 2.45) is 0 Å². The first-order chi connectivity index (χ1) is 36.6. The summed E-state index contributed by atoms with van der Waals surface area (Å²) >= 11 is 0. The number of carbonyl (C=O) groups excluding carboxylic acids is 3. The molecular weight excluding hydrogens is 949 g/mol.